The van der Waals surface area contributed by atoms with Crippen LogP contribution in [0.4, 0.5) is 0 Å². The lowest BCUT2D eigenvalue weighted by Crippen LogP contribution is -2.10. The third-order valence-electron chi connectivity index (χ3n) is 4.70. The maximum absolute atomic E-state index is 10.7. The quantitative estimate of drug-likeness (QED) is 0.359. The molecular weight excluding hydrogens is 328 g/mol. The molecule has 0 amide bonds. The summed E-state index contributed by atoms with van der Waals surface area (Å²) in [7, 11) is 0. The zero-order chi connectivity index (χ0) is 19.0. The van der Waals surface area contributed by atoms with Gasteiger partial charge in [0, 0.05) is 0 Å². The Morgan fingerprint density at radius 2 is 1.31 bits per heavy atom. The summed E-state index contributed by atoms with van der Waals surface area (Å²) in [6, 6.07) is 6.61. The Kier molecular flexibility index (Phi) is 12.6. The fourth-order valence-electron chi connectivity index (χ4n) is 3.02. The van der Waals surface area contributed by atoms with Crippen LogP contribution in [0, 0.1) is 0 Å². The highest BCUT2D eigenvalue weighted by Gasteiger charge is 2.15. The first-order valence-corrected chi connectivity index (χ1v) is 10.3. The van der Waals surface area contributed by atoms with Crippen LogP contribution in [0.5, 0.6) is 5.75 Å². The third-order valence-corrected chi connectivity index (χ3v) is 4.70. The predicted octanol–water partition coefficient (Wildman–Crippen LogP) is 5.88. The number of carbonyl (C=O) groups is 1. The molecule has 1 rings (SSSR count). The number of ether oxygens (including phenoxy) is 1. The van der Waals surface area contributed by atoms with Gasteiger partial charge in [0.1, 0.15) is 5.75 Å². The van der Waals surface area contributed by atoms with Crippen molar-refractivity contribution < 1.29 is 19.7 Å². The van der Waals surface area contributed by atoms with Crippen LogP contribution in [0.2, 0.25) is 0 Å². The largest absolute Gasteiger partial charge is 0.494 e. The Labute approximate surface area is 158 Å². The summed E-state index contributed by atoms with van der Waals surface area (Å²) in [4.78, 5) is 10.7. The number of aliphatic hydroxyl groups is 1. The SMILES string of the molecule is CCCCCCCCCCCCCCOc1ccc([C@@H](O)C(=O)O)cc1. The van der Waals surface area contributed by atoms with Crippen LogP contribution < -0.4 is 4.74 Å². The van der Waals surface area contributed by atoms with Gasteiger partial charge in [-0.2, -0.15) is 0 Å². The molecule has 26 heavy (non-hydrogen) atoms. The summed E-state index contributed by atoms with van der Waals surface area (Å²) < 4.78 is 5.66. The van der Waals surface area contributed by atoms with E-state index in [0.29, 0.717) is 12.2 Å². The van der Waals surface area contributed by atoms with Crippen molar-refractivity contribution in [3.05, 3.63) is 29.8 Å². The molecule has 0 bridgehead atoms. The average molecular weight is 365 g/mol. The molecule has 0 fully saturated rings. The van der Waals surface area contributed by atoms with Crippen molar-refractivity contribution in [3.63, 3.8) is 0 Å². The van der Waals surface area contributed by atoms with Gasteiger partial charge < -0.3 is 14.9 Å². The molecule has 0 saturated carbocycles. The van der Waals surface area contributed by atoms with E-state index in [1.807, 2.05) is 0 Å². The molecule has 4 nitrogen and oxygen atoms in total. The van der Waals surface area contributed by atoms with Gasteiger partial charge in [-0.15, -0.1) is 0 Å². The van der Waals surface area contributed by atoms with Crippen molar-refractivity contribution >= 4 is 5.97 Å². The number of hydrogen-bond donors (Lipinski definition) is 2. The van der Waals surface area contributed by atoms with Crippen molar-refractivity contribution in [1.82, 2.24) is 0 Å². The second-order valence-electron chi connectivity index (χ2n) is 7.05. The second kappa shape index (κ2) is 14.6. The minimum absolute atomic E-state index is 0.371. The fourth-order valence-corrected chi connectivity index (χ4v) is 3.02. The van der Waals surface area contributed by atoms with Gasteiger partial charge in [-0.1, -0.05) is 89.7 Å². The van der Waals surface area contributed by atoms with Gasteiger partial charge in [0.05, 0.1) is 6.61 Å². The number of carboxylic acids is 1. The van der Waals surface area contributed by atoms with Crippen molar-refractivity contribution in [2.24, 2.45) is 0 Å². The zero-order valence-electron chi connectivity index (χ0n) is 16.3. The van der Waals surface area contributed by atoms with Crippen molar-refractivity contribution in [3.8, 4) is 5.75 Å². The van der Waals surface area contributed by atoms with E-state index in [0.717, 1.165) is 12.2 Å². The monoisotopic (exact) mass is 364 g/mol. The Bertz CT molecular complexity index is 470. The van der Waals surface area contributed by atoms with Gasteiger partial charge in [0.25, 0.3) is 0 Å². The first-order valence-electron chi connectivity index (χ1n) is 10.3. The molecule has 0 spiro atoms. The van der Waals surface area contributed by atoms with Gasteiger partial charge in [-0.05, 0) is 24.1 Å². The number of aliphatic carboxylic acids is 1. The molecule has 0 unspecified atom stereocenters. The van der Waals surface area contributed by atoms with E-state index in [1.165, 1.54) is 70.6 Å². The molecule has 0 aliphatic carbocycles. The Morgan fingerprint density at radius 3 is 1.77 bits per heavy atom. The van der Waals surface area contributed by atoms with Crippen LogP contribution in [0.25, 0.3) is 0 Å². The number of hydrogen-bond acceptors (Lipinski definition) is 3. The van der Waals surface area contributed by atoms with Crippen LogP contribution in [0.3, 0.4) is 0 Å². The maximum Gasteiger partial charge on any atom is 0.337 e. The van der Waals surface area contributed by atoms with Crippen molar-refractivity contribution in [2.45, 2.75) is 90.1 Å². The van der Waals surface area contributed by atoms with Crippen LogP contribution in [-0.4, -0.2) is 22.8 Å². The van der Waals surface area contributed by atoms with E-state index in [4.69, 9.17) is 9.84 Å². The number of carboxylic acid groups (broad SMARTS) is 1. The standard InChI is InChI=1S/C22H36O4/c1-2-3-4-5-6-7-8-9-10-11-12-13-18-26-20-16-14-19(15-17-20)21(23)22(24)25/h14-17,21,23H,2-13,18H2,1H3,(H,24,25)/t21-/m1/s1. The highest BCUT2D eigenvalue weighted by atomic mass is 16.5. The van der Waals surface area contributed by atoms with E-state index in [-0.39, 0.29) is 0 Å². The van der Waals surface area contributed by atoms with Gasteiger partial charge in [0.15, 0.2) is 6.10 Å². The molecule has 0 aromatic heterocycles. The highest BCUT2D eigenvalue weighted by molar-refractivity contribution is 5.74. The van der Waals surface area contributed by atoms with Gasteiger partial charge in [0.2, 0.25) is 0 Å². The van der Waals surface area contributed by atoms with Crippen molar-refractivity contribution in [1.29, 1.82) is 0 Å². The van der Waals surface area contributed by atoms with Gasteiger partial charge in [-0.25, -0.2) is 4.79 Å². The van der Waals surface area contributed by atoms with Crippen LogP contribution in [0.15, 0.2) is 24.3 Å². The first kappa shape index (κ1) is 22.5. The smallest absolute Gasteiger partial charge is 0.337 e. The van der Waals surface area contributed by atoms with Crippen LogP contribution in [0.1, 0.15) is 95.6 Å². The topological polar surface area (TPSA) is 66.8 Å². The molecule has 1 aromatic carbocycles. The number of aliphatic hydroxyl groups excluding tert-OH is 1. The summed E-state index contributed by atoms with van der Waals surface area (Å²) in [6.45, 7) is 2.94. The molecule has 2 N–H and O–H groups in total. The molecule has 148 valence electrons. The summed E-state index contributed by atoms with van der Waals surface area (Å²) in [5.74, 6) is -0.524. The lowest BCUT2D eigenvalue weighted by Gasteiger charge is -2.09. The highest BCUT2D eigenvalue weighted by Crippen LogP contribution is 2.18. The zero-order valence-corrected chi connectivity index (χ0v) is 16.3. The van der Waals surface area contributed by atoms with Gasteiger partial charge in [-0.3, -0.25) is 0 Å². The van der Waals surface area contributed by atoms with Crippen LogP contribution >= 0.6 is 0 Å². The number of benzene rings is 1. The third kappa shape index (κ3) is 10.4. The van der Waals surface area contributed by atoms with E-state index in [9.17, 15) is 9.90 Å². The predicted molar refractivity (Wildman–Crippen MR) is 106 cm³/mol. The molecule has 0 aliphatic heterocycles. The minimum atomic E-state index is -1.47. The normalized spacial score (nSPS) is 12.1. The first-order chi connectivity index (χ1) is 12.6. The molecule has 0 aliphatic rings. The second-order valence-corrected chi connectivity index (χ2v) is 7.05. The molecule has 1 atom stereocenters. The summed E-state index contributed by atoms with van der Waals surface area (Å²) >= 11 is 0. The van der Waals surface area contributed by atoms with E-state index in [1.54, 1.807) is 24.3 Å². The summed E-state index contributed by atoms with van der Waals surface area (Å²) in [6.07, 6.45) is 14.4. The van der Waals surface area contributed by atoms with Gasteiger partial charge >= 0.3 is 5.97 Å². The summed E-state index contributed by atoms with van der Waals surface area (Å²) in [5.41, 5.74) is 0.371. The lowest BCUT2D eigenvalue weighted by atomic mass is 10.1. The van der Waals surface area contributed by atoms with E-state index < -0.39 is 12.1 Å². The Balaban J connectivity index is 1.95. The van der Waals surface area contributed by atoms with E-state index in [2.05, 4.69) is 6.92 Å². The Morgan fingerprint density at radius 1 is 0.846 bits per heavy atom. The number of unbranched alkanes of at least 4 members (excludes halogenated alkanes) is 11. The molecule has 4 heteroatoms. The van der Waals surface area contributed by atoms with Crippen molar-refractivity contribution in [2.75, 3.05) is 6.61 Å². The Hall–Kier alpha value is -1.55. The maximum atomic E-state index is 10.7. The molecule has 0 heterocycles. The van der Waals surface area contributed by atoms with Crippen LogP contribution in [-0.2, 0) is 4.79 Å². The number of rotatable bonds is 16. The van der Waals surface area contributed by atoms with E-state index >= 15 is 0 Å². The minimum Gasteiger partial charge on any atom is -0.494 e. The fraction of sp³-hybridized carbons (Fsp3) is 0.682. The average Bonchev–Trinajstić information content (AvgIpc) is 2.65. The lowest BCUT2D eigenvalue weighted by molar-refractivity contribution is -0.146. The molecule has 0 radical (unpaired) electrons. The molecule has 0 saturated heterocycles. The summed E-state index contributed by atoms with van der Waals surface area (Å²) in [5, 5.41) is 18.2. The molecule has 1 aromatic rings. The molecular formula is C22H36O4.